The number of benzene rings is 1. The molecular formula is C23H26Br2O2S2. The van der Waals surface area contributed by atoms with Gasteiger partial charge in [-0.1, -0.05) is 33.1 Å². The van der Waals surface area contributed by atoms with E-state index in [1.807, 2.05) is 0 Å². The second kappa shape index (κ2) is 11.0. The third-order valence-electron chi connectivity index (χ3n) is 5.00. The van der Waals surface area contributed by atoms with E-state index in [1.165, 1.54) is 24.1 Å². The molecule has 0 fully saturated rings. The lowest BCUT2D eigenvalue weighted by Crippen LogP contribution is -2.11. The minimum absolute atomic E-state index is 0.583. The van der Waals surface area contributed by atoms with Crippen molar-refractivity contribution in [2.75, 3.05) is 13.7 Å². The van der Waals surface area contributed by atoms with Crippen LogP contribution in [0.1, 0.15) is 39.5 Å². The van der Waals surface area contributed by atoms with E-state index in [4.69, 9.17) is 9.47 Å². The van der Waals surface area contributed by atoms with Crippen LogP contribution in [0.5, 0.6) is 11.5 Å². The monoisotopic (exact) mass is 556 g/mol. The summed E-state index contributed by atoms with van der Waals surface area (Å²) in [5.74, 6) is 2.37. The Morgan fingerprint density at radius 3 is 1.97 bits per heavy atom. The van der Waals surface area contributed by atoms with E-state index in [2.05, 4.69) is 82.1 Å². The van der Waals surface area contributed by atoms with Crippen LogP contribution in [0.4, 0.5) is 0 Å². The Hall–Kier alpha value is -0.820. The van der Waals surface area contributed by atoms with Gasteiger partial charge in [-0.3, -0.25) is 0 Å². The van der Waals surface area contributed by atoms with Crippen molar-refractivity contribution >= 4 is 54.5 Å². The maximum absolute atomic E-state index is 6.45. The van der Waals surface area contributed by atoms with E-state index < -0.39 is 0 Å². The summed E-state index contributed by atoms with van der Waals surface area (Å²) in [6, 6.07) is 12.7. The number of hydrogen-bond acceptors (Lipinski definition) is 4. The first-order chi connectivity index (χ1) is 14.0. The van der Waals surface area contributed by atoms with Gasteiger partial charge in [0.2, 0.25) is 0 Å². The Balaban J connectivity index is 2.00. The highest BCUT2D eigenvalue weighted by Crippen LogP contribution is 2.45. The van der Waals surface area contributed by atoms with Gasteiger partial charge < -0.3 is 9.47 Å². The van der Waals surface area contributed by atoms with Crippen LogP contribution >= 0.6 is 54.5 Å². The lowest BCUT2D eigenvalue weighted by molar-refractivity contribution is 0.234. The molecule has 3 rings (SSSR count). The van der Waals surface area contributed by atoms with Crippen molar-refractivity contribution in [1.29, 1.82) is 0 Å². The third-order valence-corrected chi connectivity index (χ3v) is 8.31. The molecule has 2 nitrogen and oxygen atoms in total. The number of thiophene rings is 2. The fraction of sp³-hybridized carbons (Fsp3) is 0.391. The molecule has 1 aromatic carbocycles. The summed E-state index contributed by atoms with van der Waals surface area (Å²) in [7, 11) is 1.73. The maximum atomic E-state index is 6.45. The Bertz CT molecular complexity index is 933. The SMILES string of the molecule is CCCCC(CC)COc1cc(-c2ccc(Br)s2)c(OC)cc1-c1ccc(Br)s1. The van der Waals surface area contributed by atoms with Crippen molar-refractivity contribution in [3.05, 3.63) is 44.0 Å². The molecule has 3 aromatic rings. The predicted molar refractivity (Wildman–Crippen MR) is 134 cm³/mol. The molecular weight excluding hydrogens is 532 g/mol. The highest BCUT2D eigenvalue weighted by molar-refractivity contribution is 9.11. The molecule has 0 bridgehead atoms. The number of halogens is 2. The second-order valence-electron chi connectivity index (χ2n) is 6.98. The van der Waals surface area contributed by atoms with Gasteiger partial charge in [-0.25, -0.2) is 0 Å². The first-order valence-electron chi connectivity index (χ1n) is 9.91. The summed E-state index contributed by atoms with van der Waals surface area (Å²) in [6.45, 7) is 5.24. The Kier molecular flexibility index (Phi) is 8.66. The van der Waals surface area contributed by atoms with Crippen molar-refractivity contribution < 1.29 is 9.47 Å². The molecule has 156 valence electrons. The predicted octanol–water partition coefficient (Wildman–Crippen LogP) is 9.27. The molecule has 0 spiro atoms. The second-order valence-corrected chi connectivity index (χ2v) is 11.9. The molecule has 2 aromatic heterocycles. The van der Waals surface area contributed by atoms with Crippen LogP contribution in [0.25, 0.3) is 20.9 Å². The average molecular weight is 558 g/mol. The van der Waals surface area contributed by atoms with Gasteiger partial charge in [-0.2, -0.15) is 0 Å². The highest BCUT2D eigenvalue weighted by atomic mass is 79.9. The van der Waals surface area contributed by atoms with Crippen molar-refractivity contribution in [1.82, 2.24) is 0 Å². The van der Waals surface area contributed by atoms with E-state index in [0.717, 1.165) is 48.1 Å². The van der Waals surface area contributed by atoms with Gasteiger partial charge in [0.05, 0.1) is 21.3 Å². The van der Waals surface area contributed by atoms with Crippen molar-refractivity contribution in [2.45, 2.75) is 39.5 Å². The number of methoxy groups -OCH3 is 1. The fourth-order valence-corrected chi connectivity index (χ4v) is 6.07. The van der Waals surface area contributed by atoms with Crippen molar-refractivity contribution in [3.63, 3.8) is 0 Å². The van der Waals surface area contributed by atoms with Crippen LogP contribution in [-0.2, 0) is 0 Å². The largest absolute Gasteiger partial charge is 0.496 e. The van der Waals surface area contributed by atoms with Crippen LogP contribution in [0, 0.1) is 5.92 Å². The molecule has 0 aliphatic carbocycles. The first kappa shape index (κ1) is 22.9. The van der Waals surface area contributed by atoms with Crippen molar-refractivity contribution in [2.24, 2.45) is 5.92 Å². The van der Waals surface area contributed by atoms with Crippen LogP contribution in [-0.4, -0.2) is 13.7 Å². The molecule has 0 saturated heterocycles. The molecule has 6 heteroatoms. The average Bonchev–Trinajstić information content (AvgIpc) is 3.35. The van der Waals surface area contributed by atoms with Crippen LogP contribution in [0.3, 0.4) is 0 Å². The zero-order chi connectivity index (χ0) is 20.8. The highest BCUT2D eigenvalue weighted by Gasteiger charge is 2.18. The van der Waals surface area contributed by atoms with E-state index in [1.54, 1.807) is 29.8 Å². The van der Waals surface area contributed by atoms with Gasteiger partial charge in [0.15, 0.2) is 0 Å². The Morgan fingerprint density at radius 1 is 0.897 bits per heavy atom. The minimum atomic E-state index is 0.583. The zero-order valence-corrected chi connectivity index (χ0v) is 21.8. The molecule has 0 aliphatic heterocycles. The lowest BCUT2D eigenvalue weighted by atomic mass is 10.0. The van der Waals surface area contributed by atoms with E-state index in [9.17, 15) is 0 Å². The van der Waals surface area contributed by atoms with Crippen LogP contribution < -0.4 is 9.47 Å². The molecule has 0 N–H and O–H groups in total. The maximum Gasteiger partial charge on any atom is 0.128 e. The molecule has 0 saturated carbocycles. The summed E-state index contributed by atoms with van der Waals surface area (Å²) in [6.07, 6.45) is 4.84. The lowest BCUT2D eigenvalue weighted by Gasteiger charge is -2.19. The molecule has 1 unspecified atom stereocenters. The quantitative estimate of drug-likeness (QED) is 0.247. The smallest absolute Gasteiger partial charge is 0.128 e. The first-order valence-corrected chi connectivity index (χ1v) is 13.1. The van der Waals surface area contributed by atoms with E-state index >= 15 is 0 Å². The number of hydrogen-bond donors (Lipinski definition) is 0. The third kappa shape index (κ3) is 5.87. The molecule has 1 atom stereocenters. The fourth-order valence-electron chi connectivity index (χ4n) is 3.26. The summed E-state index contributed by atoms with van der Waals surface area (Å²) in [4.78, 5) is 2.33. The van der Waals surface area contributed by atoms with Crippen molar-refractivity contribution in [3.8, 4) is 32.4 Å². The van der Waals surface area contributed by atoms with Gasteiger partial charge in [-0.15, -0.1) is 22.7 Å². The van der Waals surface area contributed by atoms with Crippen LogP contribution in [0.2, 0.25) is 0 Å². The number of unbranched alkanes of at least 4 members (excludes halogenated alkanes) is 1. The van der Waals surface area contributed by atoms with Crippen LogP contribution in [0.15, 0.2) is 44.0 Å². The molecule has 0 aliphatic rings. The summed E-state index contributed by atoms with van der Waals surface area (Å²) < 4.78 is 14.4. The van der Waals surface area contributed by atoms with Gasteiger partial charge in [0.25, 0.3) is 0 Å². The molecule has 29 heavy (non-hydrogen) atoms. The van der Waals surface area contributed by atoms with Gasteiger partial charge in [0.1, 0.15) is 11.5 Å². The molecule has 2 heterocycles. The summed E-state index contributed by atoms with van der Waals surface area (Å²) in [5, 5.41) is 0. The standard InChI is InChI=1S/C23H26Br2O2S2/c1-4-6-7-15(5-2)14-27-19-13-16(20-8-10-22(24)28-20)18(26-3)12-17(19)21-9-11-23(25)29-21/h8-13,15H,4-7,14H2,1-3H3. The van der Waals surface area contributed by atoms with Gasteiger partial charge >= 0.3 is 0 Å². The topological polar surface area (TPSA) is 18.5 Å². The normalized spacial score (nSPS) is 12.2. The summed E-state index contributed by atoms with van der Waals surface area (Å²) in [5.41, 5.74) is 2.15. The Morgan fingerprint density at radius 2 is 1.48 bits per heavy atom. The molecule has 0 amide bonds. The van der Waals surface area contributed by atoms with Gasteiger partial charge in [0, 0.05) is 20.9 Å². The number of rotatable bonds is 10. The zero-order valence-electron chi connectivity index (χ0n) is 17.0. The number of ether oxygens (including phenoxy) is 2. The summed E-state index contributed by atoms with van der Waals surface area (Å²) >= 11 is 10.6. The van der Waals surface area contributed by atoms with E-state index in [0.29, 0.717) is 5.92 Å². The molecule has 0 radical (unpaired) electrons. The van der Waals surface area contributed by atoms with Gasteiger partial charge in [-0.05, 0) is 80.6 Å². The minimum Gasteiger partial charge on any atom is -0.496 e. The Labute approximate surface area is 198 Å². The van der Waals surface area contributed by atoms with E-state index in [-0.39, 0.29) is 0 Å².